The van der Waals surface area contributed by atoms with Crippen LogP contribution in [0, 0.1) is 5.41 Å². The van der Waals surface area contributed by atoms with E-state index in [0.29, 0.717) is 13.0 Å². The molecule has 1 aliphatic heterocycles. The first-order chi connectivity index (χ1) is 4.93. The highest BCUT2D eigenvalue weighted by molar-refractivity contribution is 6.01. The van der Waals surface area contributed by atoms with Crippen molar-refractivity contribution >= 4 is 11.8 Å². The molecule has 0 aromatic rings. The van der Waals surface area contributed by atoms with E-state index in [4.69, 9.17) is 0 Å². The number of hydrogen-bond donors (Lipinski definition) is 0. The molecule has 3 heteroatoms. The Hall–Kier alpha value is -0.860. The van der Waals surface area contributed by atoms with Gasteiger partial charge in [-0.05, 0) is 0 Å². The summed E-state index contributed by atoms with van der Waals surface area (Å²) >= 11 is 0. The minimum atomic E-state index is -0.421. The van der Waals surface area contributed by atoms with Gasteiger partial charge in [0, 0.05) is 18.4 Å². The predicted octanol–water partition coefficient (Wildman–Crippen LogP) is 0.791. The first kappa shape index (κ1) is 8.24. The van der Waals surface area contributed by atoms with Gasteiger partial charge in [0.05, 0.1) is 0 Å². The van der Waals surface area contributed by atoms with Crippen LogP contribution in [-0.4, -0.2) is 23.3 Å². The lowest BCUT2D eigenvalue weighted by Crippen LogP contribution is -2.51. The zero-order chi connectivity index (χ0) is 8.65. The molecular weight excluding hydrogens is 142 g/mol. The lowest BCUT2D eigenvalue weighted by Gasteiger charge is -2.33. The van der Waals surface area contributed by atoms with Crippen molar-refractivity contribution in [1.29, 1.82) is 0 Å². The molecule has 0 spiro atoms. The summed E-state index contributed by atoms with van der Waals surface area (Å²) in [5, 5.41) is 0. The Kier molecular flexibility index (Phi) is 1.74. The monoisotopic (exact) mass is 155 g/mol. The third-order valence-corrected chi connectivity index (χ3v) is 1.74. The van der Waals surface area contributed by atoms with Crippen LogP contribution in [0.25, 0.3) is 0 Å². The van der Waals surface area contributed by atoms with Crippen LogP contribution < -0.4 is 0 Å². The first-order valence-electron chi connectivity index (χ1n) is 3.78. The lowest BCUT2D eigenvalue weighted by molar-refractivity contribution is -0.157. The average Bonchev–Trinajstić information content (AvgIpc) is 1.83. The maximum Gasteiger partial charge on any atom is 0.234 e. The summed E-state index contributed by atoms with van der Waals surface area (Å²) in [6.45, 7) is 6.07. The maximum absolute atomic E-state index is 11.4. The van der Waals surface area contributed by atoms with Crippen molar-refractivity contribution < 1.29 is 9.59 Å². The summed E-state index contributed by atoms with van der Waals surface area (Å²) in [5.41, 5.74) is -0.421. The Labute approximate surface area is 66.4 Å². The SMILES string of the molecule is CC(C)(C)C(=O)N1CCC1=O. The molecule has 0 bridgehead atoms. The largest absolute Gasteiger partial charge is 0.282 e. The lowest BCUT2D eigenvalue weighted by atomic mass is 9.93. The van der Waals surface area contributed by atoms with Crippen LogP contribution in [0.1, 0.15) is 27.2 Å². The highest BCUT2D eigenvalue weighted by Crippen LogP contribution is 2.21. The highest BCUT2D eigenvalue weighted by atomic mass is 16.2. The number of hydrogen-bond acceptors (Lipinski definition) is 2. The number of β-lactam (4-membered cyclic amide) rings is 1. The van der Waals surface area contributed by atoms with Crippen molar-refractivity contribution in [2.45, 2.75) is 27.2 Å². The van der Waals surface area contributed by atoms with Gasteiger partial charge in [-0.25, -0.2) is 0 Å². The van der Waals surface area contributed by atoms with E-state index in [9.17, 15) is 9.59 Å². The molecular formula is C8H13NO2. The third-order valence-electron chi connectivity index (χ3n) is 1.74. The zero-order valence-corrected chi connectivity index (χ0v) is 7.18. The van der Waals surface area contributed by atoms with E-state index in [1.807, 2.05) is 20.8 Å². The highest BCUT2D eigenvalue weighted by Gasteiger charge is 2.36. The number of carbonyl (C=O) groups is 2. The fourth-order valence-electron chi connectivity index (χ4n) is 0.935. The van der Waals surface area contributed by atoms with Crippen LogP contribution in [0.5, 0.6) is 0 Å². The topological polar surface area (TPSA) is 37.4 Å². The van der Waals surface area contributed by atoms with Crippen molar-refractivity contribution in [3.05, 3.63) is 0 Å². The Bertz CT molecular complexity index is 203. The minimum absolute atomic E-state index is 0.0371. The van der Waals surface area contributed by atoms with E-state index in [2.05, 4.69) is 0 Å². The minimum Gasteiger partial charge on any atom is -0.282 e. The summed E-state index contributed by atoms with van der Waals surface area (Å²) in [4.78, 5) is 23.5. The second-order valence-corrected chi connectivity index (χ2v) is 3.85. The number of rotatable bonds is 0. The second kappa shape index (κ2) is 2.32. The van der Waals surface area contributed by atoms with Crippen molar-refractivity contribution in [2.24, 2.45) is 5.41 Å². The Balaban J connectivity index is 2.62. The second-order valence-electron chi connectivity index (χ2n) is 3.85. The molecule has 1 aliphatic rings. The van der Waals surface area contributed by atoms with Crippen LogP contribution in [0.4, 0.5) is 0 Å². The summed E-state index contributed by atoms with van der Waals surface area (Å²) in [7, 11) is 0. The van der Waals surface area contributed by atoms with Crippen molar-refractivity contribution in [1.82, 2.24) is 4.90 Å². The summed E-state index contributed by atoms with van der Waals surface area (Å²) < 4.78 is 0. The molecule has 0 saturated carbocycles. The standard InChI is InChI=1S/C8H13NO2/c1-8(2,3)7(11)9-5-4-6(9)10/h4-5H2,1-3H3. The molecule has 0 unspecified atom stereocenters. The molecule has 11 heavy (non-hydrogen) atoms. The molecule has 2 amide bonds. The van der Waals surface area contributed by atoms with Gasteiger partial charge in [-0.1, -0.05) is 20.8 Å². The van der Waals surface area contributed by atoms with Gasteiger partial charge in [-0.3, -0.25) is 14.5 Å². The van der Waals surface area contributed by atoms with Crippen LogP contribution in [-0.2, 0) is 9.59 Å². The summed E-state index contributed by atoms with van der Waals surface area (Å²) in [6, 6.07) is 0. The number of amides is 2. The van der Waals surface area contributed by atoms with Gasteiger partial charge in [-0.15, -0.1) is 0 Å². The maximum atomic E-state index is 11.4. The number of carbonyl (C=O) groups excluding carboxylic acids is 2. The molecule has 0 aliphatic carbocycles. The predicted molar refractivity (Wildman–Crippen MR) is 40.8 cm³/mol. The van der Waals surface area contributed by atoms with Crippen LogP contribution in [0.2, 0.25) is 0 Å². The molecule has 1 heterocycles. The molecule has 0 aromatic carbocycles. The van der Waals surface area contributed by atoms with Crippen molar-refractivity contribution in [3.63, 3.8) is 0 Å². The molecule has 3 nitrogen and oxygen atoms in total. The van der Waals surface area contributed by atoms with Crippen LogP contribution in [0.15, 0.2) is 0 Å². The molecule has 1 rings (SSSR count). The van der Waals surface area contributed by atoms with E-state index in [0.717, 1.165) is 0 Å². The normalized spacial score (nSPS) is 18.1. The van der Waals surface area contributed by atoms with E-state index in [1.54, 1.807) is 0 Å². The average molecular weight is 155 g/mol. The van der Waals surface area contributed by atoms with Gasteiger partial charge in [-0.2, -0.15) is 0 Å². The Morgan fingerprint density at radius 2 is 2.00 bits per heavy atom. The van der Waals surface area contributed by atoms with E-state index < -0.39 is 5.41 Å². The Morgan fingerprint density at radius 3 is 2.09 bits per heavy atom. The smallest absolute Gasteiger partial charge is 0.234 e. The van der Waals surface area contributed by atoms with E-state index >= 15 is 0 Å². The third kappa shape index (κ3) is 1.42. The number of imide groups is 1. The van der Waals surface area contributed by atoms with Crippen molar-refractivity contribution in [3.8, 4) is 0 Å². The molecule has 0 N–H and O–H groups in total. The van der Waals surface area contributed by atoms with Gasteiger partial charge in [0.15, 0.2) is 0 Å². The van der Waals surface area contributed by atoms with Gasteiger partial charge < -0.3 is 0 Å². The number of nitrogens with zero attached hydrogens (tertiary/aromatic N) is 1. The summed E-state index contributed by atoms with van der Waals surface area (Å²) in [6.07, 6.45) is 0.530. The fraction of sp³-hybridized carbons (Fsp3) is 0.750. The molecule has 0 radical (unpaired) electrons. The molecule has 62 valence electrons. The van der Waals surface area contributed by atoms with Gasteiger partial charge in [0.2, 0.25) is 11.8 Å². The molecule has 1 fully saturated rings. The molecule has 0 atom stereocenters. The Morgan fingerprint density at radius 1 is 1.45 bits per heavy atom. The van der Waals surface area contributed by atoms with Crippen LogP contribution >= 0.6 is 0 Å². The fourth-order valence-corrected chi connectivity index (χ4v) is 0.935. The van der Waals surface area contributed by atoms with Crippen molar-refractivity contribution in [2.75, 3.05) is 6.54 Å². The van der Waals surface area contributed by atoms with Gasteiger partial charge in [0.1, 0.15) is 0 Å². The quantitative estimate of drug-likeness (QED) is 0.485. The van der Waals surface area contributed by atoms with E-state index in [1.165, 1.54) is 4.90 Å². The van der Waals surface area contributed by atoms with E-state index in [-0.39, 0.29) is 11.8 Å². The van der Waals surface area contributed by atoms with Crippen LogP contribution in [0.3, 0.4) is 0 Å². The summed E-state index contributed by atoms with van der Waals surface area (Å²) in [5.74, 6) is -0.0984. The number of likely N-dealkylation sites (tertiary alicyclic amines) is 1. The first-order valence-corrected chi connectivity index (χ1v) is 3.78. The molecule has 1 saturated heterocycles. The van der Waals surface area contributed by atoms with Gasteiger partial charge in [0.25, 0.3) is 0 Å². The van der Waals surface area contributed by atoms with Gasteiger partial charge >= 0.3 is 0 Å². The zero-order valence-electron chi connectivity index (χ0n) is 7.18. The molecule has 0 aromatic heterocycles.